The molecule has 234 valence electrons. The second-order valence-electron chi connectivity index (χ2n) is 11.0. The maximum Gasteiger partial charge on any atom is 0.253 e. The molecule has 1 saturated carbocycles. The van der Waals surface area contributed by atoms with E-state index in [1.165, 1.54) is 12.1 Å². The number of carbonyl (C=O) groups excluding carboxylic acids is 3. The number of hydrogen-bond acceptors (Lipinski definition) is 8. The van der Waals surface area contributed by atoms with Crippen LogP contribution in [-0.4, -0.2) is 94.8 Å². The second kappa shape index (κ2) is 13.3. The van der Waals surface area contributed by atoms with Gasteiger partial charge in [-0.15, -0.1) is 0 Å². The van der Waals surface area contributed by atoms with Crippen molar-refractivity contribution in [2.45, 2.75) is 49.1 Å². The fourth-order valence-electron chi connectivity index (χ4n) is 5.10. The molecule has 2 fully saturated rings. The molecule has 0 unspecified atom stereocenters. The molecule has 2 aliphatic rings. The van der Waals surface area contributed by atoms with Crippen LogP contribution in [-0.2, 0) is 34.4 Å². The topological polar surface area (TPSA) is 212 Å². The highest BCUT2D eigenvalue weighted by molar-refractivity contribution is 7.89. The Morgan fingerprint density at radius 2 is 1.74 bits per heavy atom. The van der Waals surface area contributed by atoms with Gasteiger partial charge >= 0.3 is 0 Å². The van der Waals surface area contributed by atoms with Crippen molar-refractivity contribution in [3.63, 3.8) is 0 Å². The van der Waals surface area contributed by atoms with Crippen LogP contribution in [0.4, 0.5) is 0 Å². The molecule has 14 nitrogen and oxygen atoms in total. The number of fused-ring (bicyclic) bond motifs is 1. The minimum Gasteiger partial charge on any atom is -0.370 e. The molecular formula is C27H37N7O7S2. The van der Waals surface area contributed by atoms with Crippen LogP contribution in [0.1, 0.15) is 32.1 Å². The predicted molar refractivity (Wildman–Crippen MR) is 160 cm³/mol. The fourth-order valence-corrected chi connectivity index (χ4v) is 6.80. The Morgan fingerprint density at radius 1 is 1.05 bits per heavy atom. The van der Waals surface area contributed by atoms with E-state index in [2.05, 4.69) is 10.0 Å². The molecule has 1 aliphatic heterocycles. The molecule has 0 radical (unpaired) electrons. The highest BCUT2D eigenvalue weighted by Crippen LogP contribution is 2.28. The van der Waals surface area contributed by atoms with Crippen LogP contribution in [0.15, 0.2) is 47.4 Å². The van der Waals surface area contributed by atoms with Crippen LogP contribution in [0.3, 0.4) is 0 Å². The van der Waals surface area contributed by atoms with Gasteiger partial charge in [0.25, 0.3) is 5.91 Å². The first-order valence-corrected chi connectivity index (χ1v) is 17.3. The Kier molecular flexibility index (Phi) is 9.92. The number of carbonyl (C=O) groups is 3. The molecular weight excluding hydrogens is 598 g/mol. The normalized spacial score (nSPS) is 18.1. The molecule has 6 N–H and O–H groups in total. The van der Waals surface area contributed by atoms with Gasteiger partial charge in [-0.25, -0.2) is 16.8 Å². The van der Waals surface area contributed by atoms with Gasteiger partial charge in [-0.05, 0) is 54.5 Å². The van der Waals surface area contributed by atoms with Gasteiger partial charge in [-0.2, -0.15) is 4.72 Å². The summed E-state index contributed by atoms with van der Waals surface area (Å²) >= 11 is 0. The number of likely N-dealkylation sites (tertiary alicyclic amines) is 1. The van der Waals surface area contributed by atoms with Gasteiger partial charge in [0.05, 0.1) is 17.6 Å². The van der Waals surface area contributed by atoms with E-state index in [0.717, 1.165) is 29.4 Å². The van der Waals surface area contributed by atoms with E-state index < -0.39 is 62.8 Å². The molecule has 1 saturated heterocycles. The second-order valence-corrected chi connectivity index (χ2v) is 14.5. The van der Waals surface area contributed by atoms with Crippen molar-refractivity contribution in [3.8, 4) is 0 Å². The summed E-state index contributed by atoms with van der Waals surface area (Å²) in [6, 6.07) is 9.69. The zero-order chi connectivity index (χ0) is 31.4. The average Bonchev–Trinajstić information content (AvgIpc) is 3.78. The maximum atomic E-state index is 13.8. The Bertz CT molecular complexity index is 1610. The van der Waals surface area contributed by atoms with Gasteiger partial charge in [0.15, 0.2) is 5.96 Å². The van der Waals surface area contributed by atoms with Crippen molar-refractivity contribution in [1.29, 1.82) is 5.41 Å². The number of hydrogen-bond donors (Lipinski definition) is 5. The van der Waals surface area contributed by atoms with Crippen LogP contribution in [0.2, 0.25) is 0 Å². The highest BCUT2D eigenvalue weighted by Gasteiger charge is 2.39. The molecule has 3 amide bonds. The lowest BCUT2D eigenvalue weighted by Gasteiger charge is -2.33. The third kappa shape index (κ3) is 9.11. The van der Waals surface area contributed by atoms with E-state index in [0.29, 0.717) is 31.3 Å². The van der Waals surface area contributed by atoms with Crippen molar-refractivity contribution in [1.82, 2.24) is 24.6 Å². The Hall–Kier alpha value is -3.76. The van der Waals surface area contributed by atoms with Crippen molar-refractivity contribution >= 4 is 54.5 Å². The quantitative estimate of drug-likeness (QED) is 0.152. The summed E-state index contributed by atoms with van der Waals surface area (Å²) in [5.74, 6) is -2.39. The molecule has 2 atom stereocenters. The molecule has 0 bridgehead atoms. The summed E-state index contributed by atoms with van der Waals surface area (Å²) in [6.07, 6.45) is 2.93. The number of nitrogens with zero attached hydrogens (tertiary/aromatic N) is 2. The molecule has 16 heteroatoms. The molecule has 4 rings (SSSR count). The minimum atomic E-state index is -4.31. The molecule has 2 aromatic rings. The first-order valence-electron chi connectivity index (χ1n) is 13.9. The maximum absolute atomic E-state index is 13.8. The minimum absolute atomic E-state index is 0.00712. The van der Waals surface area contributed by atoms with E-state index in [-0.39, 0.29) is 23.3 Å². The summed E-state index contributed by atoms with van der Waals surface area (Å²) in [4.78, 5) is 41.9. The Morgan fingerprint density at radius 3 is 2.40 bits per heavy atom. The van der Waals surface area contributed by atoms with Crippen LogP contribution in [0.5, 0.6) is 0 Å². The van der Waals surface area contributed by atoms with Crippen LogP contribution >= 0.6 is 0 Å². The van der Waals surface area contributed by atoms with E-state index >= 15 is 0 Å². The first-order chi connectivity index (χ1) is 20.2. The smallest absolute Gasteiger partial charge is 0.253 e. The largest absolute Gasteiger partial charge is 0.370 e. The van der Waals surface area contributed by atoms with E-state index in [1.807, 2.05) is 16.9 Å². The summed E-state index contributed by atoms with van der Waals surface area (Å²) in [7, 11) is -8.20. The Labute approximate surface area is 251 Å². The summed E-state index contributed by atoms with van der Waals surface area (Å²) in [5.41, 5.74) is 5.60. The van der Waals surface area contributed by atoms with Crippen LogP contribution in [0.25, 0.3) is 10.8 Å². The summed E-state index contributed by atoms with van der Waals surface area (Å²) in [6.45, 7) is 0.758. The van der Waals surface area contributed by atoms with Crippen molar-refractivity contribution in [2.75, 3.05) is 32.4 Å². The lowest BCUT2D eigenvalue weighted by Crippen LogP contribution is -2.53. The van der Waals surface area contributed by atoms with Crippen LogP contribution < -0.4 is 20.5 Å². The van der Waals surface area contributed by atoms with Crippen LogP contribution in [0, 0.1) is 11.3 Å². The lowest BCUT2D eigenvalue weighted by atomic mass is 9.98. The van der Waals surface area contributed by atoms with Gasteiger partial charge in [0.2, 0.25) is 31.9 Å². The number of sulfonamides is 2. The average molecular weight is 636 g/mol. The Balaban J connectivity index is 1.53. The molecule has 0 aromatic heterocycles. The van der Waals surface area contributed by atoms with Gasteiger partial charge in [0.1, 0.15) is 12.6 Å². The number of benzene rings is 2. The number of nitrogens with one attached hydrogen (secondary N) is 4. The van der Waals surface area contributed by atoms with Crippen molar-refractivity contribution < 1.29 is 31.2 Å². The van der Waals surface area contributed by atoms with E-state index in [4.69, 9.17) is 11.1 Å². The molecule has 2 aromatic carbocycles. The molecule has 0 spiro atoms. The van der Waals surface area contributed by atoms with Crippen molar-refractivity contribution in [2.24, 2.45) is 11.7 Å². The number of guanidine groups is 1. The molecule has 1 aliphatic carbocycles. The monoisotopic (exact) mass is 635 g/mol. The van der Waals surface area contributed by atoms with E-state index in [1.54, 1.807) is 23.1 Å². The highest BCUT2D eigenvalue weighted by atomic mass is 32.2. The van der Waals surface area contributed by atoms with Gasteiger partial charge in [0, 0.05) is 25.7 Å². The third-order valence-electron chi connectivity index (χ3n) is 7.35. The zero-order valence-corrected chi connectivity index (χ0v) is 25.4. The SMILES string of the molecule is CS(=O)(=O)NC(=O)CN(C(=O)[C@H](CC(=O)NC[C@@H]1CCCN(C(=N)N)C1)NS(=O)(=O)c1ccc2ccccc2c1)C1CC1. The third-order valence-corrected chi connectivity index (χ3v) is 9.42. The van der Waals surface area contributed by atoms with Crippen molar-refractivity contribution in [3.05, 3.63) is 42.5 Å². The zero-order valence-electron chi connectivity index (χ0n) is 23.8. The van der Waals surface area contributed by atoms with Gasteiger partial charge in [-0.1, -0.05) is 30.3 Å². The standard InChI is InChI=1S/C27H37N7O7S2/c1-42(38,39)32-25(36)17-34(21-9-10-21)26(37)23(14-24(35)30-15-18-5-4-12-33(16-18)27(28)29)31-43(40,41)22-11-8-19-6-2-3-7-20(19)13-22/h2-3,6-8,11,13,18,21,23,31H,4-5,9-10,12,14-17H2,1H3,(H3,28,29)(H,30,35)(H,32,36)/t18-,23-/m0/s1. The molecule has 43 heavy (non-hydrogen) atoms. The summed E-state index contributed by atoms with van der Waals surface area (Å²) in [5, 5.41) is 11.9. The number of piperidine rings is 1. The summed E-state index contributed by atoms with van der Waals surface area (Å²) < 4.78 is 54.3. The molecule has 1 heterocycles. The van der Waals surface area contributed by atoms with Gasteiger partial charge < -0.3 is 20.9 Å². The first kappa shape index (κ1) is 32.2. The number of nitrogens with two attached hydrogens (primary N) is 1. The van der Waals surface area contributed by atoms with E-state index in [9.17, 15) is 31.2 Å². The number of rotatable bonds is 12. The lowest BCUT2D eigenvalue weighted by molar-refractivity contribution is -0.139. The van der Waals surface area contributed by atoms with Gasteiger partial charge in [-0.3, -0.25) is 24.5 Å². The fraction of sp³-hybridized carbons (Fsp3) is 0.481. The number of amides is 3. The predicted octanol–water partition coefficient (Wildman–Crippen LogP) is -0.335.